The van der Waals surface area contributed by atoms with Crippen LogP contribution in [0.3, 0.4) is 0 Å². The van der Waals surface area contributed by atoms with E-state index >= 15 is 0 Å². The second-order valence-corrected chi connectivity index (χ2v) is 3.74. The van der Waals surface area contributed by atoms with Crippen molar-refractivity contribution < 1.29 is 9.90 Å². The third-order valence-electron chi connectivity index (χ3n) is 2.67. The van der Waals surface area contributed by atoms with Crippen LogP contribution < -0.4 is 0 Å². The molecule has 0 aliphatic rings. The molecule has 3 rings (SSSR count). The number of benzene rings is 1. The number of fused-ring (bicyclic) bond motifs is 3. The summed E-state index contributed by atoms with van der Waals surface area (Å²) in [6, 6.07) is 9.24. The quantitative estimate of drug-likeness (QED) is 0.645. The van der Waals surface area contributed by atoms with Gasteiger partial charge in [0.05, 0.1) is 16.6 Å². The molecule has 0 bridgehead atoms. The molecule has 3 aromatic rings. The molecule has 0 saturated heterocycles. The largest absolute Gasteiger partial charge is 0.478 e. The van der Waals surface area contributed by atoms with E-state index in [2.05, 4.69) is 9.97 Å². The van der Waals surface area contributed by atoms with Crippen LogP contribution >= 0.6 is 0 Å². The van der Waals surface area contributed by atoms with Crippen LogP contribution in [-0.2, 0) is 0 Å². The van der Waals surface area contributed by atoms with Gasteiger partial charge in [-0.15, -0.1) is 0 Å². The zero-order valence-electron chi connectivity index (χ0n) is 8.79. The lowest BCUT2D eigenvalue weighted by Crippen LogP contribution is -1.97. The minimum absolute atomic E-state index is 0.176. The van der Waals surface area contributed by atoms with Gasteiger partial charge in [-0.3, -0.25) is 9.97 Å². The molecular formula is C13H8N2O2. The molecule has 0 atom stereocenters. The summed E-state index contributed by atoms with van der Waals surface area (Å²) >= 11 is 0. The van der Waals surface area contributed by atoms with Gasteiger partial charge >= 0.3 is 5.97 Å². The highest BCUT2D eigenvalue weighted by Gasteiger charge is 2.07. The summed E-state index contributed by atoms with van der Waals surface area (Å²) in [6.45, 7) is 0. The number of carbonyl (C=O) groups is 1. The Hall–Kier alpha value is -2.49. The van der Waals surface area contributed by atoms with Crippen LogP contribution in [-0.4, -0.2) is 21.0 Å². The Morgan fingerprint density at radius 1 is 1.12 bits per heavy atom. The Kier molecular flexibility index (Phi) is 2.01. The fourth-order valence-corrected chi connectivity index (χ4v) is 1.85. The highest BCUT2D eigenvalue weighted by Crippen LogP contribution is 2.21. The molecule has 82 valence electrons. The second kappa shape index (κ2) is 3.52. The van der Waals surface area contributed by atoms with Crippen molar-refractivity contribution >= 4 is 27.8 Å². The fourth-order valence-electron chi connectivity index (χ4n) is 1.85. The summed E-state index contributed by atoms with van der Waals surface area (Å²) < 4.78 is 0. The van der Waals surface area contributed by atoms with Gasteiger partial charge in [-0.2, -0.15) is 0 Å². The third-order valence-corrected chi connectivity index (χ3v) is 2.67. The van der Waals surface area contributed by atoms with Gasteiger partial charge in [-0.25, -0.2) is 4.79 Å². The smallest absolute Gasteiger partial charge is 0.337 e. The van der Waals surface area contributed by atoms with Crippen LogP contribution in [0.2, 0.25) is 0 Å². The van der Waals surface area contributed by atoms with Crippen molar-refractivity contribution in [2.24, 2.45) is 0 Å². The molecule has 0 amide bonds. The van der Waals surface area contributed by atoms with Crippen molar-refractivity contribution in [2.75, 3.05) is 0 Å². The normalized spacial score (nSPS) is 10.8. The van der Waals surface area contributed by atoms with Crippen molar-refractivity contribution in [3.8, 4) is 0 Å². The Morgan fingerprint density at radius 3 is 2.76 bits per heavy atom. The van der Waals surface area contributed by atoms with Crippen LogP contribution in [0.25, 0.3) is 21.8 Å². The monoisotopic (exact) mass is 224 g/mol. The van der Waals surface area contributed by atoms with E-state index in [0.29, 0.717) is 0 Å². The maximum absolute atomic E-state index is 10.8. The molecule has 0 aliphatic carbocycles. The molecule has 0 spiro atoms. The summed E-state index contributed by atoms with van der Waals surface area (Å²) in [5.74, 6) is -0.979. The molecule has 0 unspecified atom stereocenters. The van der Waals surface area contributed by atoms with Crippen LogP contribution in [0.4, 0.5) is 0 Å². The lowest BCUT2D eigenvalue weighted by atomic mass is 10.1. The summed E-state index contributed by atoms with van der Waals surface area (Å²) in [5.41, 5.74) is 1.81. The number of carboxylic acid groups (broad SMARTS) is 1. The number of carboxylic acids is 1. The first-order chi connectivity index (χ1) is 8.25. The van der Waals surface area contributed by atoms with Gasteiger partial charge < -0.3 is 5.11 Å². The topological polar surface area (TPSA) is 63.1 Å². The SMILES string of the molecule is O=C(O)c1cnc2c(cnc3ccccc32)c1. The number of aromatic carboxylic acids is 1. The Labute approximate surface area is 96.6 Å². The van der Waals surface area contributed by atoms with Crippen LogP contribution in [0, 0.1) is 0 Å². The zero-order chi connectivity index (χ0) is 11.8. The molecule has 0 saturated carbocycles. The van der Waals surface area contributed by atoms with Crippen molar-refractivity contribution in [3.05, 3.63) is 48.3 Å². The zero-order valence-corrected chi connectivity index (χ0v) is 8.79. The van der Waals surface area contributed by atoms with E-state index in [-0.39, 0.29) is 5.56 Å². The van der Waals surface area contributed by atoms with Gasteiger partial charge in [-0.1, -0.05) is 18.2 Å². The molecule has 1 N–H and O–H groups in total. The Bertz CT molecular complexity index is 738. The van der Waals surface area contributed by atoms with E-state index in [1.807, 2.05) is 24.3 Å². The minimum Gasteiger partial charge on any atom is -0.478 e. The first-order valence-electron chi connectivity index (χ1n) is 5.12. The van der Waals surface area contributed by atoms with Gasteiger partial charge in [0, 0.05) is 23.2 Å². The van der Waals surface area contributed by atoms with Gasteiger partial charge in [0.2, 0.25) is 0 Å². The first kappa shape index (κ1) is 9.72. The molecule has 4 nitrogen and oxygen atoms in total. The molecule has 4 heteroatoms. The van der Waals surface area contributed by atoms with E-state index < -0.39 is 5.97 Å². The van der Waals surface area contributed by atoms with E-state index in [4.69, 9.17) is 5.11 Å². The molecule has 0 aliphatic heterocycles. The number of rotatable bonds is 1. The highest BCUT2D eigenvalue weighted by atomic mass is 16.4. The Balaban J connectivity index is 2.41. The van der Waals surface area contributed by atoms with E-state index in [9.17, 15) is 4.79 Å². The number of para-hydroxylation sites is 1. The van der Waals surface area contributed by atoms with Crippen molar-refractivity contribution in [1.29, 1.82) is 0 Å². The predicted molar refractivity (Wildman–Crippen MR) is 64.0 cm³/mol. The summed E-state index contributed by atoms with van der Waals surface area (Å²) in [6.07, 6.45) is 3.02. The maximum atomic E-state index is 10.8. The summed E-state index contributed by atoms with van der Waals surface area (Å²) in [7, 11) is 0. The number of hydrogen-bond donors (Lipinski definition) is 1. The first-order valence-corrected chi connectivity index (χ1v) is 5.12. The summed E-state index contributed by atoms with van der Waals surface area (Å²) in [4.78, 5) is 19.3. The predicted octanol–water partition coefficient (Wildman–Crippen LogP) is 2.48. The van der Waals surface area contributed by atoms with Gasteiger partial charge in [0.1, 0.15) is 0 Å². The van der Waals surface area contributed by atoms with E-state index in [1.165, 1.54) is 6.20 Å². The van der Waals surface area contributed by atoms with Crippen molar-refractivity contribution in [3.63, 3.8) is 0 Å². The highest BCUT2D eigenvalue weighted by molar-refractivity contribution is 6.04. The van der Waals surface area contributed by atoms with E-state index in [1.54, 1.807) is 12.3 Å². The molecular weight excluding hydrogens is 216 g/mol. The van der Waals surface area contributed by atoms with Crippen molar-refractivity contribution in [1.82, 2.24) is 9.97 Å². The number of hydrogen-bond acceptors (Lipinski definition) is 3. The lowest BCUT2D eigenvalue weighted by molar-refractivity contribution is 0.0696. The molecule has 2 aromatic heterocycles. The molecule has 1 aromatic carbocycles. The van der Waals surface area contributed by atoms with Crippen LogP contribution in [0.15, 0.2) is 42.7 Å². The van der Waals surface area contributed by atoms with Gasteiger partial charge in [0.15, 0.2) is 0 Å². The second-order valence-electron chi connectivity index (χ2n) is 3.74. The number of pyridine rings is 2. The number of nitrogens with zero attached hydrogens (tertiary/aromatic N) is 2. The lowest BCUT2D eigenvalue weighted by Gasteiger charge is -2.02. The average molecular weight is 224 g/mol. The molecule has 0 radical (unpaired) electrons. The molecule has 0 fully saturated rings. The van der Waals surface area contributed by atoms with E-state index in [0.717, 1.165) is 21.8 Å². The Morgan fingerprint density at radius 2 is 1.94 bits per heavy atom. The fraction of sp³-hybridized carbons (Fsp3) is 0. The van der Waals surface area contributed by atoms with Gasteiger partial charge in [-0.05, 0) is 12.1 Å². The molecule has 2 heterocycles. The third kappa shape index (κ3) is 1.50. The minimum atomic E-state index is -0.979. The standard InChI is InChI=1S/C13H8N2O2/c16-13(17)9-5-8-6-14-11-4-2-1-3-10(11)12(8)15-7-9/h1-7H,(H,16,17). The number of aromatic nitrogens is 2. The molecule has 17 heavy (non-hydrogen) atoms. The van der Waals surface area contributed by atoms with Crippen molar-refractivity contribution in [2.45, 2.75) is 0 Å². The average Bonchev–Trinajstić information content (AvgIpc) is 2.38. The van der Waals surface area contributed by atoms with Crippen LogP contribution in [0.5, 0.6) is 0 Å². The van der Waals surface area contributed by atoms with Gasteiger partial charge in [0.25, 0.3) is 0 Å². The maximum Gasteiger partial charge on any atom is 0.337 e. The van der Waals surface area contributed by atoms with Crippen LogP contribution in [0.1, 0.15) is 10.4 Å². The summed E-state index contributed by atoms with van der Waals surface area (Å²) in [5, 5.41) is 10.6.